The van der Waals surface area contributed by atoms with Gasteiger partial charge < -0.3 is 9.32 Å². The Morgan fingerprint density at radius 1 is 0.531 bits per heavy atom. The Labute approximate surface area is 374 Å². The largest absolute Gasteiger partial charge is 0.454 e. The third-order valence-corrected chi connectivity index (χ3v) is 13.6. The van der Waals surface area contributed by atoms with Crippen LogP contribution in [-0.4, -0.2) is 0 Å². The molecule has 2 unspecified atom stereocenters. The third-order valence-electron chi connectivity index (χ3n) is 13.6. The lowest BCUT2D eigenvalue weighted by Gasteiger charge is -2.31. The van der Waals surface area contributed by atoms with Gasteiger partial charge in [0.2, 0.25) is 0 Å². The van der Waals surface area contributed by atoms with Gasteiger partial charge in [0.05, 0.1) is 5.70 Å². The van der Waals surface area contributed by atoms with E-state index in [0.29, 0.717) is 0 Å². The van der Waals surface area contributed by atoms with Gasteiger partial charge in [0.1, 0.15) is 5.58 Å². The first-order valence-corrected chi connectivity index (χ1v) is 22.8. The molecule has 1 aromatic heterocycles. The zero-order chi connectivity index (χ0) is 42.4. The first-order chi connectivity index (χ1) is 31.7. The van der Waals surface area contributed by atoms with Crippen molar-refractivity contribution in [1.29, 1.82) is 0 Å². The van der Waals surface area contributed by atoms with Crippen molar-refractivity contribution in [3.05, 3.63) is 251 Å². The molecule has 0 bridgehead atoms. The number of furan rings is 1. The topological polar surface area (TPSA) is 16.4 Å². The smallest absolute Gasteiger partial charge is 0.154 e. The summed E-state index contributed by atoms with van der Waals surface area (Å²) in [7, 11) is 0. The average Bonchev–Trinajstić information content (AvgIpc) is 3.77. The Morgan fingerprint density at radius 2 is 1.23 bits per heavy atom. The molecule has 0 saturated heterocycles. The summed E-state index contributed by atoms with van der Waals surface area (Å²) in [6.45, 7) is 0. The van der Waals surface area contributed by atoms with E-state index in [2.05, 4.69) is 229 Å². The van der Waals surface area contributed by atoms with E-state index in [9.17, 15) is 0 Å². The highest BCUT2D eigenvalue weighted by Crippen LogP contribution is 2.41. The summed E-state index contributed by atoms with van der Waals surface area (Å²) in [5, 5.41) is 7.56. The maximum atomic E-state index is 6.97. The molecule has 306 valence electrons. The molecule has 3 aliphatic rings. The van der Waals surface area contributed by atoms with Crippen LogP contribution in [0.5, 0.6) is 0 Å². The summed E-state index contributed by atoms with van der Waals surface area (Å²) in [6, 6.07) is 66.2. The standard InChI is InChI=1S/C62H47NO/c1-3-16-43(17-4-1)51-23-9-10-24-52(51)45-34-38-50(39-35-45)63(59-30-14-29-57-61-54(44-18-5-2-6-19-44)28-15-31-60(61)64-62(57)59)49-36-32-42(33-37-49)46-21-13-22-47(40-46)58-41-48-20-7-8-25-53(48)55-26-11-12-27-56(55)58/h1-13,15-20,22-29,31-34,36-41,45-46H,14,21,30,35H2. The summed E-state index contributed by atoms with van der Waals surface area (Å²) in [5.74, 6) is 0.534. The predicted molar refractivity (Wildman–Crippen MR) is 269 cm³/mol. The van der Waals surface area contributed by atoms with Gasteiger partial charge in [-0.05, 0) is 122 Å². The van der Waals surface area contributed by atoms with Crippen LogP contribution in [-0.2, 0) is 0 Å². The Bertz CT molecular complexity index is 3490. The quantitative estimate of drug-likeness (QED) is 0.142. The summed E-state index contributed by atoms with van der Waals surface area (Å²) in [4.78, 5) is 2.49. The van der Waals surface area contributed by atoms with Gasteiger partial charge in [-0.2, -0.15) is 0 Å². The number of hydrogen-bond acceptors (Lipinski definition) is 2. The van der Waals surface area contributed by atoms with E-state index in [1.165, 1.54) is 88.1 Å². The maximum absolute atomic E-state index is 6.97. The zero-order valence-corrected chi connectivity index (χ0v) is 35.7. The molecule has 12 rings (SSSR count). The minimum absolute atomic E-state index is 0.266. The Hall–Kier alpha value is -7.68. The van der Waals surface area contributed by atoms with E-state index in [0.717, 1.165) is 42.4 Å². The van der Waals surface area contributed by atoms with E-state index in [1.54, 1.807) is 0 Å². The molecule has 2 heteroatoms. The van der Waals surface area contributed by atoms with Crippen molar-refractivity contribution >= 4 is 55.5 Å². The van der Waals surface area contributed by atoms with E-state index in [1.807, 2.05) is 0 Å². The van der Waals surface area contributed by atoms with Crippen molar-refractivity contribution in [2.24, 2.45) is 0 Å². The Morgan fingerprint density at radius 3 is 2.03 bits per heavy atom. The molecule has 9 aromatic rings. The monoisotopic (exact) mass is 821 g/mol. The average molecular weight is 822 g/mol. The van der Waals surface area contributed by atoms with Crippen LogP contribution in [0.25, 0.3) is 72.1 Å². The van der Waals surface area contributed by atoms with E-state index < -0.39 is 0 Å². The molecule has 0 N–H and O–H groups in total. The van der Waals surface area contributed by atoms with Crippen LogP contribution in [0.2, 0.25) is 0 Å². The number of fused-ring (bicyclic) bond motifs is 6. The summed E-state index contributed by atoms with van der Waals surface area (Å²) < 4.78 is 6.97. The van der Waals surface area contributed by atoms with Gasteiger partial charge in [0.25, 0.3) is 0 Å². The molecule has 0 spiro atoms. The highest BCUT2D eigenvalue weighted by molar-refractivity contribution is 6.12. The molecular formula is C62H47NO. The number of nitrogens with zero attached hydrogens (tertiary/aromatic N) is 1. The molecule has 2 nitrogen and oxygen atoms in total. The van der Waals surface area contributed by atoms with Gasteiger partial charge in [0, 0.05) is 33.8 Å². The lowest BCUT2D eigenvalue weighted by atomic mass is 9.85. The fourth-order valence-corrected chi connectivity index (χ4v) is 10.5. The van der Waals surface area contributed by atoms with Gasteiger partial charge in [-0.25, -0.2) is 0 Å². The lowest BCUT2D eigenvalue weighted by Crippen LogP contribution is -2.35. The van der Waals surface area contributed by atoms with Crippen molar-refractivity contribution in [3.8, 4) is 22.3 Å². The number of anilines is 1. The number of hydrogen-bond donors (Lipinski definition) is 0. The first kappa shape index (κ1) is 38.0. The number of allylic oxidation sites excluding steroid dienone is 7. The lowest BCUT2D eigenvalue weighted by molar-refractivity contribution is 0.565. The second-order valence-electron chi connectivity index (χ2n) is 17.3. The molecule has 1 heterocycles. The number of rotatable bonds is 8. The van der Waals surface area contributed by atoms with E-state index >= 15 is 0 Å². The van der Waals surface area contributed by atoms with Crippen LogP contribution >= 0.6 is 0 Å². The van der Waals surface area contributed by atoms with Crippen molar-refractivity contribution < 1.29 is 4.42 Å². The van der Waals surface area contributed by atoms with Gasteiger partial charge in [0.15, 0.2) is 5.42 Å². The molecule has 2 atom stereocenters. The van der Waals surface area contributed by atoms with Crippen LogP contribution in [0.4, 0.5) is 5.69 Å². The maximum Gasteiger partial charge on any atom is 0.154 e. The van der Waals surface area contributed by atoms with Crippen LogP contribution in [0.15, 0.2) is 229 Å². The molecule has 8 aromatic carbocycles. The number of benzene rings is 8. The van der Waals surface area contributed by atoms with Gasteiger partial charge >= 0.3 is 0 Å². The SMILES string of the molecule is C1=CC(c2cc3ccccc3c3ccccc23)=CC(c2ccc(N(C3=CCC(c4ccccc4-c4ccccc4)C=C3)C3=c4oc5cccc(-c6ccccc6)c5c4=CCC3)cc2)C1. The molecule has 0 aliphatic heterocycles. The van der Waals surface area contributed by atoms with E-state index in [-0.39, 0.29) is 11.8 Å². The van der Waals surface area contributed by atoms with Gasteiger partial charge in [-0.3, -0.25) is 0 Å². The molecule has 64 heavy (non-hydrogen) atoms. The van der Waals surface area contributed by atoms with Gasteiger partial charge in [-0.1, -0.05) is 194 Å². The Kier molecular flexibility index (Phi) is 9.64. The van der Waals surface area contributed by atoms with Crippen LogP contribution in [0.3, 0.4) is 0 Å². The minimum Gasteiger partial charge on any atom is -0.454 e. The first-order valence-electron chi connectivity index (χ1n) is 22.8. The molecule has 3 aliphatic carbocycles. The van der Waals surface area contributed by atoms with Crippen molar-refractivity contribution in [1.82, 2.24) is 0 Å². The van der Waals surface area contributed by atoms with Crippen molar-refractivity contribution in [2.75, 3.05) is 4.90 Å². The van der Waals surface area contributed by atoms with Crippen LogP contribution < -0.4 is 15.5 Å². The molecule has 0 saturated carbocycles. The molecular weight excluding hydrogens is 775 g/mol. The highest BCUT2D eigenvalue weighted by atomic mass is 16.3. The van der Waals surface area contributed by atoms with E-state index in [4.69, 9.17) is 4.42 Å². The molecule has 0 amide bonds. The van der Waals surface area contributed by atoms with Crippen LogP contribution in [0, 0.1) is 0 Å². The summed E-state index contributed by atoms with van der Waals surface area (Å²) in [6.07, 6.45) is 20.4. The van der Waals surface area contributed by atoms with Crippen molar-refractivity contribution in [3.63, 3.8) is 0 Å². The summed E-state index contributed by atoms with van der Waals surface area (Å²) >= 11 is 0. The zero-order valence-electron chi connectivity index (χ0n) is 35.7. The van der Waals surface area contributed by atoms with Crippen molar-refractivity contribution in [2.45, 2.75) is 37.5 Å². The Balaban J connectivity index is 0.950. The fraction of sp³-hybridized carbons (Fsp3) is 0.0968. The highest BCUT2D eigenvalue weighted by Gasteiger charge is 2.26. The predicted octanol–water partition coefficient (Wildman–Crippen LogP) is 15.0. The fourth-order valence-electron chi connectivity index (χ4n) is 10.5. The molecule has 0 radical (unpaired) electrons. The second kappa shape index (κ2) is 16.2. The normalized spacial score (nSPS) is 17.0. The van der Waals surface area contributed by atoms with Crippen LogP contribution in [0.1, 0.15) is 54.2 Å². The summed E-state index contributed by atoms with van der Waals surface area (Å²) in [5.41, 5.74) is 15.6. The minimum atomic E-state index is 0.266. The third kappa shape index (κ3) is 6.74. The van der Waals surface area contributed by atoms with Gasteiger partial charge in [-0.15, -0.1) is 0 Å². The molecule has 0 fully saturated rings. The second-order valence-corrected chi connectivity index (χ2v) is 17.3.